The van der Waals surface area contributed by atoms with E-state index in [-0.39, 0.29) is 16.8 Å². The number of rotatable bonds is 3. The molecule has 1 aromatic carbocycles. The van der Waals surface area contributed by atoms with Crippen molar-refractivity contribution in [2.24, 2.45) is 0 Å². The molecule has 0 atom stereocenters. The minimum Gasteiger partial charge on any atom is -0.465 e. The number of fused-ring (bicyclic) bond motifs is 1. The Morgan fingerprint density at radius 1 is 1.27 bits per heavy atom. The first-order valence-corrected chi connectivity index (χ1v) is 6.86. The van der Waals surface area contributed by atoms with Crippen LogP contribution in [-0.2, 0) is 21.1 Å². The minimum atomic E-state index is -4.61. The number of benzene rings is 1. The van der Waals surface area contributed by atoms with Crippen molar-refractivity contribution < 1.29 is 27.5 Å². The van der Waals surface area contributed by atoms with Gasteiger partial charge in [0, 0.05) is 0 Å². The lowest BCUT2D eigenvalue weighted by atomic mass is 9.76. The van der Waals surface area contributed by atoms with Gasteiger partial charge in [-0.25, -0.2) is 4.79 Å². The number of nitrogens with one attached hydrogen (secondary N) is 1. The fourth-order valence-electron chi connectivity index (χ4n) is 2.90. The van der Waals surface area contributed by atoms with E-state index in [1.54, 1.807) is 13.8 Å². The number of hydrogen-bond donors (Lipinski definition) is 1. The third-order valence-electron chi connectivity index (χ3n) is 4.27. The molecule has 0 saturated carbocycles. The van der Waals surface area contributed by atoms with Gasteiger partial charge in [-0.3, -0.25) is 4.79 Å². The lowest BCUT2D eigenvalue weighted by molar-refractivity contribution is -0.137. The molecule has 7 heteroatoms. The molecule has 0 unspecified atom stereocenters. The SMILES string of the molecule is CCC1(CC)C(=O)Nc2c(C(=O)OC)cc(C(F)(F)F)cc21. The first kappa shape index (κ1) is 16.3. The fourth-order valence-corrected chi connectivity index (χ4v) is 2.90. The second kappa shape index (κ2) is 5.30. The number of alkyl halides is 3. The molecule has 1 heterocycles. The zero-order valence-electron chi connectivity index (χ0n) is 12.4. The van der Waals surface area contributed by atoms with E-state index in [4.69, 9.17) is 0 Å². The van der Waals surface area contributed by atoms with Crippen molar-refractivity contribution in [2.75, 3.05) is 12.4 Å². The molecule has 0 fully saturated rings. The maximum atomic E-state index is 13.1. The summed E-state index contributed by atoms with van der Waals surface area (Å²) in [7, 11) is 1.08. The van der Waals surface area contributed by atoms with Gasteiger partial charge in [-0.1, -0.05) is 13.8 Å². The highest BCUT2D eigenvalue weighted by Crippen LogP contribution is 2.47. The smallest absolute Gasteiger partial charge is 0.416 e. The van der Waals surface area contributed by atoms with Gasteiger partial charge < -0.3 is 10.1 Å². The lowest BCUT2D eigenvalue weighted by Crippen LogP contribution is -2.33. The number of methoxy groups -OCH3 is 1. The van der Waals surface area contributed by atoms with Crippen LogP contribution < -0.4 is 5.32 Å². The number of carbonyl (C=O) groups is 2. The lowest BCUT2D eigenvalue weighted by Gasteiger charge is -2.25. The van der Waals surface area contributed by atoms with Gasteiger partial charge in [0.2, 0.25) is 5.91 Å². The van der Waals surface area contributed by atoms with Gasteiger partial charge in [-0.05, 0) is 30.5 Å². The van der Waals surface area contributed by atoms with Crippen molar-refractivity contribution in [3.8, 4) is 0 Å². The monoisotopic (exact) mass is 315 g/mol. The molecule has 0 aliphatic carbocycles. The molecule has 1 aliphatic rings. The van der Waals surface area contributed by atoms with E-state index >= 15 is 0 Å². The number of carbonyl (C=O) groups excluding carboxylic acids is 2. The molecule has 120 valence electrons. The van der Waals surface area contributed by atoms with E-state index in [2.05, 4.69) is 10.1 Å². The van der Waals surface area contributed by atoms with Crippen LogP contribution in [0, 0.1) is 0 Å². The van der Waals surface area contributed by atoms with Gasteiger partial charge in [0.15, 0.2) is 0 Å². The van der Waals surface area contributed by atoms with Crippen molar-refractivity contribution in [3.05, 3.63) is 28.8 Å². The molecule has 1 aliphatic heterocycles. The summed E-state index contributed by atoms with van der Waals surface area (Å²) < 4.78 is 43.9. The summed E-state index contributed by atoms with van der Waals surface area (Å²) in [5.41, 5.74) is -1.97. The van der Waals surface area contributed by atoms with Crippen LogP contribution >= 0.6 is 0 Å². The van der Waals surface area contributed by atoms with Gasteiger partial charge in [0.05, 0.1) is 29.3 Å². The molecule has 1 N–H and O–H groups in total. The Bertz CT molecular complexity index is 634. The number of anilines is 1. The Hall–Kier alpha value is -2.05. The van der Waals surface area contributed by atoms with Crippen molar-refractivity contribution in [1.82, 2.24) is 0 Å². The molecule has 2 rings (SSSR count). The maximum absolute atomic E-state index is 13.1. The van der Waals surface area contributed by atoms with E-state index in [0.717, 1.165) is 13.2 Å². The topological polar surface area (TPSA) is 55.4 Å². The summed E-state index contributed by atoms with van der Waals surface area (Å²) in [6.45, 7) is 3.46. The van der Waals surface area contributed by atoms with Crippen molar-refractivity contribution >= 4 is 17.6 Å². The Balaban J connectivity index is 2.79. The molecule has 22 heavy (non-hydrogen) atoms. The second-order valence-electron chi connectivity index (χ2n) is 5.18. The van der Waals surface area contributed by atoms with E-state index in [1.807, 2.05) is 0 Å². The summed E-state index contributed by atoms with van der Waals surface area (Å²) in [5, 5.41) is 2.55. The molecular weight excluding hydrogens is 299 g/mol. The summed E-state index contributed by atoms with van der Waals surface area (Å²) in [5.74, 6) is -1.30. The van der Waals surface area contributed by atoms with Crippen LogP contribution in [0.3, 0.4) is 0 Å². The molecule has 1 amide bonds. The van der Waals surface area contributed by atoms with Crippen LogP contribution in [0.4, 0.5) is 18.9 Å². The minimum absolute atomic E-state index is 0.119. The van der Waals surface area contributed by atoms with E-state index in [9.17, 15) is 22.8 Å². The van der Waals surface area contributed by atoms with Crippen LogP contribution in [0.25, 0.3) is 0 Å². The quantitative estimate of drug-likeness (QED) is 0.869. The Kier molecular flexibility index (Phi) is 3.93. The number of esters is 1. The molecule has 0 saturated heterocycles. The molecule has 0 aromatic heterocycles. The van der Waals surface area contributed by atoms with Crippen LogP contribution in [0.5, 0.6) is 0 Å². The summed E-state index contributed by atoms with van der Waals surface area (Å²) >= 11 is 0. The summed E-state index contributed by atoms with van der Waals surface area (Å²) in [4.78, 5) is 24.1. The number of amides is 1. The third kappa shape index (κ3) is 2.24. The van der Waals surface area contributed by atoms with Crippen LogP contribution in [-0.4, -0.2) is 19.0 Å². The zero-order chi connectivity index (χ0) is 16.7. The predicted molar refractivity (Wildman–Crippen MR) is 73.7 cm³/mol. The van der Waals surface area contributed by atoms with Crippen LogP contribution in [0.15, 0.2) is 12.1 Å². The van der Waals surface area contributed by atoms with Gasteiger partial charge in [-0.15, -0.1) is 0 Å². The summed E-state index contributed by atoms with van der Waals surface area (Å²) in [6, 6.07) is 1.67. The third-order valence-corrected chi connectivity index (χ3v) is 4.27. The maximum Gasteiger partial charge on any atom is 0.416 e. The van der Waals surface area contributed by atoms with Crippen molar-refractivity contribution in [1.29, 1.82) is 0 Å². The van der Waals surface area contributed by atoms with Crippen LogP contribution in [0.1, 0.15) is 48.2 Å². The summed E-state index contributed by atoms with van der Waals surface area (Å²) in [6.07, 6.45) is -3.94. The van der Waals surface area contributed by atoms with Gasteiger partial charge >= 0.3 is 12.1 Å². The van der Waals surface area contributed by atoms with Crippen molar-refractivity contribution in [2.45, 2.75) is 38.3 Å². The molecule has 1 aromatic rings. The van der Waals surface area contributed by atoms with Crippen LogP contribution in [0.2, 0.25) is 0 Å². The molecule has 4 nitrogen and oxygen atoms in total. The largest absolute Gasteiger partial charge is 0.465 e. The average molecular weight is 315 g/mol. The molecule has 0 radical (unpaired) electrons. The predicted octanol–water partition coefficient (Wildman–Crippen LogP) is 3.50. The van der Waals surface area contributed by atoms with E-state index in [0.29, 0.717) is 18.9 Å². The first-order valence-electron chi connectivity index (χ1n) is 6.86. The van der Waals surface area contributed by atoms with E-state index in [1.165, 1.54) is 0 Å². The highest BCUT2D eigenvalue weighted by molar-refractivity contribution is 6.11. The number of hydrogen-bond acceptors (Lipinski definition) is 3. The Morgan fingerprint density at radius 2 is 1.86 bits per heavy atom. The van der Waals surface area contributed by atoms with Gasteiger partial charge in [-0.2, -0.15) is 13.2 Å². The number of ether oxygens (including phenoxy) is 1. The average Bonchev–Trinajstić information content (AvgIpc) is 2.76. The van der Waals surface area contributed by atoms with Gasteiger partial charge in [0.1, 0.15) is 0 Å². The first-order chi connectivity index (χ1) is 10.2. The second-order valence-corrected chi connectivity index (χ2v) is 5.18. The Morgan fingerprint density at radius 3 is 2.32 bits per heavy atom. The van der Waals surface area contributed by atoms with Crippen molar-refractivity contribution in [3.63, 3.8) is 0 Å². The molecule has 0 spiro atoms. The number of halogens is 3. The standard InChI is InChI=1S/C15H16F3NO3/c1-4-14(5-2)10-7-8(15(16,17)18)6-9(12(20)22-3)11(10)19-13(14)21/h6-7H,4-5H2,1-3H3,(H,19,21). The van der Waals surface area contributed by atoms with Gasteiger partial charge in [0.25, 0.3) is 0 Å². The van der Waals surface area contributed by atoms with E-state index < -0.39 is 29.0 Å². The zero-order valence-corrected chi connectivity index (χ0v) is 12.4. The molecule has 0 bridgehead atoms. The fraction of sp³-hybridized carbons (Fsp3) is 0.467. The Labute approximate surface area is 125 Å². The normalized spacial score (nSPS) is 16.2. The highest BCUT2D eigenvalue weighted by Gasteiger charge is 2.47. The molecular formula is C15H16F3NO3. The highest BCUT2D eigenvalue weighted by atomic mass is 19.4.